The average molecular weight is 312 g/mol. The number of nitrogens with one attached hydrogen (secondary N) is 1. The Kier molecular flexibility index (Phi) is 5.71. The molecule has 0 radical (unpaired) electrons. The van der Waals surface area contributed by atoms with E-state index in [1.54, 1.807) is 0 Å². The predicted molar refractivity (Wildman–Crippen MR) is 78.7 cm³/mol. The van der Waals surface area contributed by atoms with Crippen LogP contribution in [0.1, 0.15) is 31.1 Å². The Morgan fingerprint density at radius 3 is 2.43 bits per heavy atom. The van der Waals surface area contributed by atoms with Crippen molar-refractivity contribution >= 4 is 29.3 Å². The maximum atomic E-state index is 12.1. The van der Waals surface area contributed by atoms with Crippen LogP contribution in [-0.2, 0) is 4.79 Å². The van der Waals surface area contributed by atoms with Crippen LogP contribution in [0.4, 0.5) is 5.69 Å². The SMILES string of the molecule is CC(C)Sc1ccc([N+](=O)[O-])cc1C(=O)N[C@@H](C)C(=O)O. The molecule has 0 aliphatic carbocycles. The van der Waals surface area contributed by atoms with Crippen LogP contribution in [-0.4, -0.2) is 33.2 Å². The second-order valence-corrected chi connectivity index (χ2v) is 6.26. The summed E-state index contributed by atoms with van der Waals surface area (Å²) in [7, 11) is 0. The number of nitro groups is 1. The number of carboxylic acids is 1. The fraction of sp³-hybridized carbons (Fsp3) is 0.385. The fourth-order valence-corrected chi connectivity index (χ4v) is 2.43. The van der Waals surface area contributed by atoms with Crippen LogP contribution in [0.15, 0.2) is 23.1 Å². The van der Waals surface area contributed by atoms with Crippen molar-refractivity contribution < 1.29 is 19.6 Å². The molecule has 7 nitrogen and oxygen atoms in total. The number of carboxylic acid groups (broad SMARTS) is 1. The Morgan fingerprint density at radius 1 is 1.33 bits per heavy atom. The van der Waals surface area contributed by atoms with Gasteiger partial charge >= 0.3 is 5.97 Å². The van der Waals surface area contributed by atoms with Crippen LogP contribution in [0.3, 0.4) is 0 Å². The van der Waals surface area contributed by atoms with Crippen LogP contribution >= 0.6 is 11.8 Å². The average Bonchev–Trinajstić information content (AvgIpc) is 2.37. The van der Waals surface area contributed by atoms with E-state index >= 15 is 0 Å². The first-order valence-electron chi connectivity index (χ1n) is 6.21. The fourth-order valence-electron chi connectivity index (χ4n) is 1.50. The molecule has 0 heterocycles. The maximum absolute atomic E-state index is 12.1. The first-order valence-corrected chi connectivity index (χ1v) is 7.09. The van der Waals surface area contributed by atoms with Gasteiger partial charge in [0.1, 0.15) is 6.04 Å². The quantitative estimate of drug-likeness (QED) is 0.474. The highest BCUT2D eigenvalue weighted by Gasteiger charge is 2.21. The largest absolute Gasteiger partial charge is 0.480 e. The van der Waals surface area contributed by atoms with E-state index in [4.69, 9.17) is 5.11 Å². The second kappa shape index (κ2) is 7.07. The molecular formula is C13H16N2O5S. The monoisotopic (exact) mass is 312 g/mol. The first-order chi connectivity index (χ1) is 9.72. The molecule has 1 aromatic carbocycles. The van der Waals surface area contributed by atoms with Crippen molar-refractivity contribution in [3.05, 3.63) is 33.9 Å². The highest BCUT2D eigenvalue weighted by Crippen LogP contribution is 2.29. The smallest absolute Gasteiger partial charge is 0.325 e. The number of carbonyl (C=O) groups excluding carboxylic acids is 1. The molecule has 0 aromatic heterocycles. The number of aliphatic carboxylic acids is 1. The topological polar surface area (TPSA) is 110 Å². The third kappa shape index (κ3) is 4.75. The zero-order valence-electron chi connectivity index (χ0n) is 11.8. The van der Waals surface area contributed by atoms with Crippen LogP contribution in [0.2, 0.25) is 0 Å². The van der Waals surface area contributed by atoms with Gasteiger partial charge in [-0.15, -0.1) is 11.8 Å². The van der Waals surface area contributed by atoms with Crippen LogP contribution in [0, 0.1) is 10.1 Å². The highest BCUT2D eigenvalue weighted by atomic mass is 32.2. The van der Waals surface area contributed by atoms with E-state index in [0.29, 0.717) is 4.90 Å². The standard InChI is InChI=1S/C13H16N2O5S/c1-7(2)21-11-5-4-9(15(19)20)6-10(11)12(16)14-8(3)13(17)18/h4-8H,1-3H3,(H,14,16)(H,17,18)/t8-/m0/s1. The Morgan fingerprint density at radius 2 is 1.95 bits per heavy atom. The Hall–Kier alpha value is -2.09. The van der Waals surface area contributed by atoms with E-state index in [-0.39, 0.29) is 16.5 Å². The number of thioether (sulfide) groups is 1. The molecule has 1 rings (SSSR count). The minimum absolute atomic E-state index is 0.107. The molecule has 0 saturated carbocycles. The molecule has 0 saturated heterocycles. The number of hydrogen-bond donors (Lipinski definition) is 2. The van der Waals surface area contributed by atoms with Gasteiger partial charge in [-0.05, 0) is 13.0 Å². The minimum Gasteiger partial charge on any atom is -0.480 e. The zero-order valence-corrected chi connectivity index (χ0v) is 12.6. The van der Waals surface area contributed by atoms with Crippen LogP contribution < -0.4 is 5.32 Å². The van der Waals surface area contributed by atoms with Crippen molar-refractivity contribution in [1.29, 1.82) is 0 Å². The summed E-state index contributed by atoms with van der Waals surface area (Å²) in [6, 6.07) is 2.91. The van der Waals surface area contributed by atoms with Crippen molar-refractivity contribution in [3.8, 4) is 0 Å². The lowest BCUT2D eigenvalue weighted by atomic mass is 10.1. The van der Waals surface area contributed by atoms with Gasteiger partial charge in [0.25, 0.3) is 11.6 Å². The molecule has 2 N–H and O–H groups in total. The summed E-state index contributed by atoms with van der Waals surface area (Å²) in [5.74, 6) is -1.82. The number of carbonyl (C=O) groups is 2. The van der Waals surface area contributed by atoms with Crippen LogP contribution in [0.5, 0.6) is 0 Å². The minimum atomic E-state index is -1.17. The Balaban J connectivity index is 3.15. The number of nitrogens with zero attached hydrogens (tertiary/aromatic N) is 1. The Labute approximate surface area is 125 Å². The molecule has 0 bridgehead atoms. The molecular weight excluding hydrogens is 296 g/mol. The van der Waals surface area contributed by atoms with Crippen molar-refractivity contribution in [2.24, 2.45) is 0 Å². The molecule has 114 valence electrons. The summed E-state index contributed by atoms with van der Waals surface area (Å²) in [4.78, 5) is 33.7. The van der Waals surface area contributed by atoms with Gasteiger partial charge < -0.3 is 10.4 Å². The molecule has 0 spiro atoms. The van der Waals surface area contributed by atoms with Crippen molar-refractivity contribution in [2.75, 3.05) is 0 Å². The molecule has 0 aliphatic heterocycles. The van der Waals surface area contributed by atoms with Gasteiger partial charge in [0.15, 0.2) is 0 Å². The van der Waals surface area contributed by atoms with E-state index in [9.17, 15) is 19.7 Å². The lowest BCUT2D eigenvalue weighted by Crippen LogP contribution is -2.38. The van der Waals surface area contributed by atoms with Gasteiger partial charge in [-0.25, -0.2) is 0 Å². The molecule has 21 heavy (non-hydrogen) atoms. The number of non-ortho nitro benzene ring substituents is 1. The molecule has 1 aromatic rings. The Bertz CT molecular complexity index is 574. The van der Waals surface area contributed by atoms with Gasteiger partial charge in [0, 0.05) is 22.3 Å². The molecule has 0 unspecified atom stereocenters. The maximum Gasteiger partial charge on any atom is 0.325 e. The van der Waals surface area contributed by atoms with Gasteiger partial charge in [-0.3, -0.25) is 19.7 Å². The summed E-state index contributed by atoms with van der Waals surface area (Å²) < 4.78 is 0. The number of rotatable bonds is 6. The number of amides is 1. The van der Waals surface area contributed by atoms with Gasteiger partial charge in [0.2, 0.25) is 0 Å². The third-order valence-corrected chi connectivity index (χ3v) is 3.58. The molecule has 0 fully saturated rings. The van der Waals surface area contributed by atoms with E-state index in [1.165, 1.54) is 30.8 Å². The lowest BCUT2D eigenvalue weighted by Gasteiger charge is -2.13. The number of nitro benzene ring substituents is 1. The van der Waals surface area contributed by atoms with E-state index in [0.717, 1.165) is 6.07 Å². The van der Waals surface area contributed by atoms with Crippen LogP contribution in [0.25, 0.3) is 0 Å². The van der Waals surface area contributed by atoms with E-state index in [1.807, 2.05) is 13.8 Å². The number of hydrogen-bond acceptors (Lipinski definition) is 5. The third-order valence-electron chi connectivity index (χ3n) is 2.50. The highest BCUT2D eigenvalue weighted by molar-refractivity contribution is 8.00. The predicted octanol–water partition coefficient (Wildman–Crippen LogP) is 2.30. The molecule has 1 amide bonds. The zero-order chi connectivity index (χ0) is 16.2. The molecule has 0 aliphatic rings. The molecule has 1 atom stereocenters. The summed E-state index contributed by atoms with van der Waals surface area (Å²) in [5.41, 5.74) is -0.104. The number of benzene rings is 1. The normalized spacial score (nSPS) is 12.0. The summed E-state index contributed by atoms with van der Waals surface area (Å²) in [5, 5.41) is 22.1. The first kappa shape index (κ1) is 17.0. The summed E-state index contributed by atoms with van der Waals surface area (Å²) >= 11 is 1.38. The van der Waals surface area contributed by atoms with Gasteiger partial charge in [-0.1, -0.05) is 13.8 Å². The van der Waals surface area contributed by atoms with E-state index in [2.05, 4.69) is 5.32 Å². The van der Waals surface area contributed by atoms with E-state index < -0.39 is 22.8 Å². The van der Waals surface area contributed by atoms with Crippen molar-refractivity contribution in [1.82, 2.24) is 5.32 Å². The molecule has 8 heteroatoms. The van der Waals surface area contributed by atoms with Crippen molar-refractivity contribution in [3.63, 3.8) is 0 Å². The van der Waals surface area contributed by atoms with Crippen molar-refractivity contribution in [2.45, 2.75) is 37.0 Å². The summed E-state index contributed by atoms with van der Waals surface area (Å²) in [6.45, 7) is 5.17. The van der Waals surface area contributed by atoms with Gasteiger partial charge in [0.05, 0.1) is 10.5 Å². The van der Waals surface area contributed by atoms with Gasteiger partial charge in [-0.2, -0.15) is 0 Å². The lowest BCUT2D eigenvalue weighted by molar-refractivity contribution is -0.384. The second-order valence-electron chi connectivity index (χ2n) is 4.64. The summed E-state index contributed by atoms with van der Waals surface area (Å²) in [6.07, 6.45) is 0.